The van der Waals surface area contributed by atoms with Gasteiger partial charge in [0.2, 0.25) is 5.28 Å². The Morgan fingerprint density at radius 1 is 1.28 bits per heavy atom. The number of halogens is 1. The second kappa shape index (κ2) is 3.96. The number of aryl methyl sites for hydroxylation is 1. The van der Waals surface area contributed by atoms with E-state index in [-0.39, 0.29) is 10.8 Å². The molecule has 0 atom stereocenters. The monoisotopic (exact) mass is 260 g/mol. The second-order valence-corrected chi connectivity index (χ2v) is 4.25. The van der Waals surface area contributed by atoms with E-state index >= 15 is 0 Å². The lowest BCUT2D eigenvalue weighted by Crippen LogP contribution is -2.08. The van der Waals surface area contributed by atoms with Crippen molar-refractivity contribution in [3.8, 4) is 5.69 Å². The Labute approximate surface area is 107 Å². The molecule has 0 saturated carbocycles. The van der Waals surface area contributed by atoms with Gasteiger partial charge in [-0.25, -0.2) is 4.68 Å². The Morgan fingerprint density at radius 2 is 2.00 bits per heavy atom. The third kappa shape index (κ3) is 1.60. The summed E-state index contributed by atoms with van der Waals surface area (Å²) < 4.78 is 1.62. The lowest BCUT2D eigenvalue weighted by Gasteiger charge is -2.01. The van der Waals surface area contributed by atoms with Crippen LogP contribution < -0.4 is 5.56 Å². The smallest absolute Gasteiger partial charge is 0.263 e. The minimum Gasteiger partial charge on any atom is -0.296 e. The first-order valence-electron chi connectivity index (χ1n) is 5.37. The molecule has 0 aliphatic rings. The van der Waals surface area contributed by atoms with Crippen LogP contribution in [0, 0.1) is 6.92 Å². The molecule has 0 aliphatic carbocycles. The largest absolute Gasteiger partial charge is 0.296 e. The van der Waals surface area contributed by atoms with E-state index in [0.29, 0.717) is 16.7 Å². The average Bonchev–Trinajstić information content (AvgIpc) is 2.67. The maximum absolute atomic E-state index is 11.8. The first-order chi connectivity index (χ1) is 8.66. The number of hydrogen-bond acceptors (Lipinski definition) is 3. The van der Waals surface area contributed by atoms with Gasteiger partial charge in [-0.1, -0.05) is 18.2 Å². The summed E-state index contributed by atoms with van der Waals surface area (Å²) in [6.45, 7) is 1.77. The van der Waals surface area contributed by atoms with Crippen molar-refractivity contribution in [2.75, 3.05) is 0 Å². The molecule has 90 valence electrons. The summed E-state index contributed by atoms with van der Waals surface area (Å²) >= 11 is 5.78. The number of H-pyrrole nitrogens is 1. The van der Waals surface area contributed by atoms with Crippen LogP contribution >= 0.6 is 11.6 Å². The number of nitrogens with one attached hydrogen (secondary N) is 1. The second-order valence-electron chi connectivity index (χ2n) is 3.89. The van der Waals surface area contributed by atoms with E-state index in [9.17, 15) is 4.79 Å². The molecular formula is C12H9ClN4O. The minimum atomic E-state index is -0.273. The summed E-state index contributed by atoms with van der Waals surface area (Å²) in [7, 11) is 0. The normalized spacial score (nSPS) is 11.0. The lowest BCUT2D eigenvalue weighted by atomic mass is 10.3. The van der Waals surface area contributed by atoms with Crippen molar-refractivity contribution in [2.45, 2.75) is 6.92 Å². The molecule has 1 N–H and O–H groups in total. The van der Waals surface area contributed by atoms with E-state index in [1.54, 1.807) is 11.6 Å². The van der Waals surface area contributed by atoms with Crippen molar-refractivity contribution >= 4 is 22.6 Å². The summed E-state index contributed by atoms with van der Waals surface area (Å²) in [5.74, 6) is 0. The molecule has 18 heavy (non-hydrogen) atoms. The number of para-hydroxylation sites is 1. The van der Waals surface area contributed by atoms with Gasteiger partial charge in [-0.3, -0.25) is 9.78 Å². The fourth-order valence-electron chi connectivity index (χ4n) is 1.91. The zero-order chi connectivity index (χ0) is 12.7. The van der Waals surface area contributed by atoms with Crippen molar-refractivity contribution in [1.82, 2.24) is 19.7 Å². The summed E-state index contributed by atoms with van der Waals surface area (Å²) in [6, 6.07) is 9.49. The van der Waals surface area contributed by atoms with Gasteiger partial charge in [0.1, 0.15) is 5.39 Å². The van der Waals surface area contributed by atoms with Crippen molar-refractivity contribution in [1.29, 1.82) is 0 Å². The van der Waals surface area contributed by atoms with Gasteiger partial charge in [0, 0.05) is 0 Å². The molecule has 0 radical (unpaired) electrons. The van der Waals surface area contributed by atoms with E-state index in [2.05, 4.69) is 15.1 Å². The molecule has 0 amide bonds. The van der Waals surface area contributed by atoms with Gasteiger partial charge < -0.3 is 0 Å². The van der Waals surface area contributed by atoms with Crippen LogP contribution in [0.3, 0.4) is 0 Å². The van der Waals surface area contributed by atoms with E-state index in [0.717, 1.165) is 5.69 Å². The molecular weight excluding hydrogens is 252 g/mol. The fourth-order valence-corrected chi connectivity index (χ4v) is 2.08. The Balaban J connectivity index is 2.42. The van der Waals surface area contributed by atoms with Crippen molar-refractivity contribution < 1.29 is 0 Å². The summed E-state index contributed by atoms with van der Waals surface area (Å²) in [5, 5.41) is 4.86. The Morgan fingerprint density at radius 3 is 2.72 bits per heavy atom. The molecule has 0 spiro atoms. The fraction of sp³-hybridized carbons (Fsp3) is 0.0833. The van der Waals surface area contributed by atoms with Crippen molar-refractivity contribution in [2.24, 2.45) is 0 Å². The highest BCUT2D eigenvalue weighted by atomic mass is 35.5. The van der Waals surface area contributed by atoms with Gasteiger partial charge in [0.15, 0.2) is 5.65 Å². The number of rotatable bonds is 1. The first-order valence-corrected chi connectivity index (χ1v) is 5.75. The molecule has 0 bridgehead atoms. The van der Waals surface area contributed by atoms with Crippen LogP contribution in [0.1, 0.15) is 5.69 Å². The SMILES string of the molecule is Cc1nn(-c2ccccc2)c2nc(Cl)[nH]c(=O)c12. The number of aromatic amines is 1. The summed E-state index contributed by atoms with van der Waals surface area (Å²) in [5.41, 5.74) is 1.65. The van der Waals surface area contributed by atoms with Crippen LogP contribution in [0.15, 0.2) is 35.1 Å². The maximum Gasteiger partial charge on any atom is 0.263 e. The standard InChI is InChI=1S/C12H9ClN4O/c1-7-9-10(14-12(13)15-11(9)18)17(16-7)8-5-3-2-4-6-8/h2-6H,1H3,(H,14,15,18). The predicted octanol–water partition coefficient (Wildman–Crippen LogP) is 2.07. The summed E-state index contributed by atoms with van der Waals surface area (Å²) in [4.78, 5) is 18.4. The average molecular weight is 261 g/mol. The van der Waals surface area contributed by atoms with Crippen molar-refractivity contribution in [3.05, 3.63) is 51.7 Å². The van der Waals surface area contributed by atoms with Gasteiger partial charge in [-0.15, -0.1) is 0 Å². The Kier molecular flexibility index (Phi) is 2.41. The van der Waals surface area contributed by atoms with Gasteiger partial charge in [-0.05, 0) is 30.7 Å². The van der Waals surface area contributed by atoms with E-state index < -0.39 is 0 Å². The number of nitrogens with zero attached hydrogens (tertiary/aromatic N) is 3. The topological polar surface area (TPSA) is 63.6 Å². The lowest BCUT2D eigenvalue weighted by molar-refractivity contribution is 0.876. The molecule has 0 saturated heterocycles. The molecule has 2 aromatic heterocycles. The van der Waals surface area contributed by atoms with Gasteiger partial charge in [0.25, 0.3) is 5.56 Å². The van der Waals surface area contributed by atoms with Crippen LogP contribution in [0.4, 0.5) is 0 Å². The van der Waals surface area contributed by atoms with Crippen LogP contribution in [0.25, 0.3) is 16.7 Å². The predicted molar refractivity (Wildman–Crippen MR) is 69.2 cm³/mol. The van der Waals surface area contributed by atoms with Crippen LogP contribution in [0.2, 0.25) is 5.28 Å². The number of fused-ring (bicyclic) bond motifs is 1. The third-order valence-corrected chi connectivity index (χ3v) is 2.86. The highest BCUT2D eigenvalue weighted by molar-refractivity contribution is 6.28. The summed E-state index contributed by atoms with van der Waals surface area (Å²) in [6.07, 6.45) is 0. The van der Waals surface area contributed by atoms with Crippen LogP contribution in [-0.4, -0.2) is 19.7 Å². The van der Waals surface area contributed by atoms with Crippen LogP contribution in [-0.2, 0) is 0 Å². The highest BCUT2D eigenvalue weighted by Crippen LogP contribution is 2.17. The van der Waals surface area contributed by atoms with E-state index in [1.807, 2.05) is 30.3 Å². The van der Waals surface area contributed by atoms with Crippen molar-refractivity contribution in [3.63, 3.8) is 0 Å². The number of hydrogen-bond donors (Lipinski definition) is 1. The molecule has 0 fully saturated rings. The zero-order valence-electron chi connectivity index (χ0n) is 9.51. The molecule has 5 nitrogen and oxygen atoms in total. The molecule has 1 aromatic carbocycles. The van der Waals surface area contributed by atoms with Gasteiger partial charge in [-0.2, -0.15) is 10.1 Å². The third-order valence-electron chi connectivity index (χ3n) is 2.68. The molecule has 3 aromatic rings. The quantitative estimate of drug-likeness (QED) is 0.681. The number of aromatic nitrogens is 4. The van der Waals surface area contributed by atoms with E-state index in [4.69, 9.17) is 11.6 Å². The zero-order valence-corrected chi connectivity index (χ0v) is 10.3. The first kappa shape index (κ1) is 11.0. The van der Waals surface area contributed by atoms with Gasteiger partial charge in [0.05, 0.1) is 11.4 Å². The Bertz CT molecular complexity index is 776. The van der Waals surface area contributed by atoms with Crippen LogP contribution in [0.5, 0.6) is 0 Å². The molecule has 3 rings (SSSR count). The van der Waals surface area contributed by atoms with E-state index in [1.165, 1.54) is 0 Å². The maximum atomic E-state index is 11.8. The molecule has 0 unspecified atom stereocenters. The Hall–Kier alpha value is -2.14. The number of benzene rings is 1. The highest BCUT2D eigenvalue weighted by Gasteiger charge is 2.14. The molecule has 0 aliphatic heterocycles. The van der Waals surface area contributed by atoms with Gasteiger partial charge >= 0.3 is 0 Å². The molecule has 6 heteroatoms. The minimum absolute atomic E-state index is 0.0598. The molecule has 2 heterocycles.